The minimum absolute atomic E-state index is 0.146. The van der Waals surface area contributed by atoms with Crippen molar-refractivity contribution in [2.45, 2.75) is 12.9 Å². The molecule has 0 aliphatic rings. The number of rotatable bonds is 6. The number of hydrogen-bond donors (Lipinski definition) is 1. The number of thiophene rings is 1. The molecule has 0 bridgehead atoms. The van der Waals surface area contributed by atoms with Crippen LogP contribution in [0.5, 0.6) is 5.75 Å². The lowest BCUT2D eigenvalue weighted by molar-refractivity contribution is -0.274. The minimum atomic E-state index is -4.82. The molecule has 0 fully saturated rings. The molecule has 0 saturated heterocycles. The number of ether oxygens (including phenoxy) is 2. The molecule has 0 radical (unpaired) electrons. The number of esters is 1. The van der Waals surface area contributed by atoms with Crippen molar-refractivity contribution in [2.75, 3.05) is 6.61 Å². The van der Waals surface area contributed by atoms with Gasteiger partial charge in [0.2, 0.25) is 0 Å². The number of amides is 1. The molecule has 0 atom stereocenters. The fraction of sp³-hybridized carbons (Fsp3) is 0.200. The van der Waals surface area contributed by atoms with Crippen LogP contribution in [-0.2, 0) is 16.1 Å². The van der Waals surface area contributed by atoms with Crippen molar-refractivity contribution in [3.8, 4) is 5.75 Å². The van der Waals surface area contributed by atoms with Crippen LogP contribution in [0.2, 0.25) is 0 Å². The van der Waals surface area contributed by atoms with Crippen LogP contribution >= 0.6 is 11.3 Å². The SMILES string of the molecule is O=C(COC(=O)c1ccsc1)NCc1ccccc1OC(F)(F)F. The Labute approximate surface area is 139 Å². The van der Waals surface area contributed by atoms with Crippen molar-refractivity contribution in [3.63, 3.8) is 0 Å². The zero-order valence-electron chi connectivity index (χ0n) is 12.1. The first kappa shape index (κ1) is 17.8. The van der Waals surface area contributed by atoms with Crippen molar-refractivity contribution in [2.24, 2.45) is 0 Å². The summed E-state index contributed by atoms with van der Waals surface area (Å²) in [6, 6.07) is 6.98. The first-order valence-electron chi connectivity index (χ1n) is 6.65. The van der Waals surface area contributed by atoms with E-state index in [1.165, 1.54) is 29.5 Å². The molecule has 128 valence electrons. The smallest absolute Gasteiger partial charge is 0.452 e. The first-order valence-corrected chi connectivity index (χ1v) is 7.59. The predicted octanol–water partition coefficient (Wildman–Crippen LogP) is 3.12. The van der Waals surface area contributed by atoms with E-state index in [1.54, 1.807) is 16.8 Å². The van der Waals surface area contributed by atoms with Crippen LogP contribution < -0.4 is 10.1 Å². The molecule has 9 heteroatoms. The summed E-state index contributed by atoms with van der Waals surface area (Å²) in [6.07, 6.45) is -4.82. The van der Waals surface area contributed by atoms with E-state index >= 15 is 0 Å². The highest BCUT2D eigenvalue weighted by Crippen LogP contribution is 2.26. The third-order valence-corrected chi connectivity index (χ3v) is 3.45. The molecule has 0 aliphatic heterocycles. The third kappa shape index (κ3) is 5.58. The number of nitrogens with one attached hydrogen (secondary N) is 1. The second-order valence-corrected chi connectivity index (χ2v) is 5.30. The zero-order chi connectivity index (χ0) is 17.6. The van der Waals surface area contributed by atoms with Gasteiger partial charge in [0.25, 0.3) is 5.91 Å². The van der Waals surface area contributed by atoms with E-state index < -0.39 is 30.6 Å². The van der Waals surface area contributed by atoms with Gasteiger partial charge in [-0.05, 0) is 17.5 Å². The van der Waals surface area contributed by atoms with Gasteiger partial charge in [-0.1, -0.05) is 18.2 Å². The minimum Gasteiger partial charge on any atom is -0.452 e. The van der Waals surface area contributed by atoms with E-state index in [1.807, 2.05) is 0 Å². The largest absolute Gasteiger partial charge is 0.573 e. The average molecular weight is 359 g/mol. The van der Waals surface area contributed by atoms with Gasteiger partial charge < -0.3 is 14.8 Å². The molecule has 2 aromatic rings. The van der Waals surface area contributed by atoms with Crippen molar-refractivity contribution in [3.05, 3.63) is 52.2 Å². The number of carbonyl (C=O) groups excluding carboxylic acids is 2. The Morgan fingerprint density at radius 2 is 1.92 bits per heavy atom. The molecule has 5 nitrogen and oxygen atoms in total. The van der Waals surface area contributed by atoms with Crippen LogP contribution in [0.1, 0.15) is 15.9 Å². The summed E-state index contributed by atoms with van der Waals surface area (Å²) in [4.78, 5) is 23.2. The van der Waals surface area contributed by atoms with E-state index in [9.17, 15) is 22.8 Å². The maximum absolute atomic E-state index is 12.3. The monoisotopic (exact) mass is 359 g/mol. The van der Waals surface area contributed by atoms with Crippen LogP contribution in [0, 0.1) is 0 Å². The molecule has 0 unspecified atom stereocenters. The molecule has 2 rings (SSSR count). The zero-order valence-corrected chi connectivity index (χ0v) is 12.9. The van der Waals surface area contributed by atoms with Crippen molar-refractivity contribution >= 4 is 23.2 Å². The van der Waals surface area contributed by atoms with E-state index in [0.717, 1.165) is 6.07 Å². The molecule has 0 aliphatic carbocycles. The number of halogens is 3. The summed E-state index contributed by atoms with van der Waals surface area (Å²) < 4.78 is 45.6. The Morgan fingerprint density at radius 1 is 1.17 bits per heavy atom. The molecular formula is C15H12F3NO4S. The van der Waals surface area contributed by atoms with Gasteiger partial charge in [0, 0.05) is 17.5 Å². The Balaban J connectivity index is 1.85. The average Bonchev–Trinajstić information content (AvgIpc) is 3.04. The van der Waals surface area contributed by atoms with Gasteiger partial charge in [-0.3, -0.25) is 4.79 Å². The molecule has 1 amide bonds. The van der Waals surface area contributed by atoms with E-state index in [0.29, 0.717) is 5.56 Å². The summed E-state index contributed by atoms with van der Waals surface area (Å²) in [7, 11) is 0. The van der Waals surface area contributed by atoms with Gasteiger partial charge in [-0.2, -0.15) is 11.3 Å². The van der Waals surface area contributed by atoms with Crippen molar-refractivity contribution in [1.29, 1.82) is 0 Å². The summed E-state index contributed by atoms with van der Waals surface area (Å²) in [5.41, 5.74) is 0.476. The number of para-hydroxylation sites is 1. The lowest BCUT2D eigenvalue weighted by atomic mass is 10.2. The summed E-state index contributed by atoms with van der Waals surface area (Å²) in [6.45, 7) is -0.724. The van der Waals surface area contributed by atoms with Crippen LogP contribution in [0.25, 0.3) is 0 Å². The predicted molar refractivity (Wildman–Crippen MR) is 79.6 cm³/mol. The maximum atomic E-state index is 12.3. The standard InChI is InChI=1S/C15H12F3NO4S/c16-15(17,18)23-12-4-2-1-3-10(12)7-19-13(20)8-22-14(21)11-5-6-24-9-11/h1-6,9H,7-8H2,(H,19,20). The quantitative estimate of drug-likeness (QED) is 0.805. The van der Waals surface area contributed by atoms with Crippen LogP contribution in [0.4, 0.5) is 13.2 Å². The lowest BCUT2D eigenvalue weighted by Gasteiger charge is -2.13. The van der Waals surface area contributed by atoms with Gasteiger partial charge >= 0.3 is 12.3 Å². The van der Waals surface area contributed by atoms with Crippen LogP contribution in [0.15, 0.2) is 41.1 Å². The molecule has 1 aromatic heterocycles. The Kier molecular flexibility index (Phi) is 5.80. The second-order valence-electron chi connectivity index (χ2n) is 4.52. The normalized spacial score (nSPS) is 11.0. The molecule has 1 aromatic carbocycles. The Hall–Kier alpha value is -2.55. The first-order chi connectivity index (χ1) is 11.3. The molecule has 0 saturated carbocycles. The van der Waals surface area contributed by atoms with E-state index in [2.05, 4.69) is 10.1 Å². The summed E-state index contributed by atoms with van der Waals surface area (Å²) in [5, 5.41) is 5.63. The molecule has 0 spiro atoms. The lowest BCUT2D eigenvalue weighted by Crippen LogP contribution is -2.29. The molecule has 1 heterocycles. The highest BCUT2D eigenvalue weighted by Gasteiger charge is 2.31. The van der Waals surface area contributed by atoms with Gasteiger partial charge in [0.15, 0.2) is 6.61 Å². The number of hydrogen-bond acceptors (Lipinski definition) is 5. The number of benzene rings is 1. The fourth-order valence-electron chi connectivity index (χ4n) is 1.71. The maximum Gasteiger partial charge on any atom is 0.573 e. The highest BCUT2D eigenvalue weighted by atomic mass is 32.1. The molecule has 24 heavy (non-hydrogen) atoms. The van der Waals surface area contributed by atoms with Crippen molar-refractivity contribution in [1.82, 2.24) is 5.32 Å². The third-order valence-electron chi connectivity index (χ3n) is 2.77. The van der Waals surface area contributed by atoms with Crippen molar-refractivity contribution < 1.29 is 32.2 Å². The highest BCUT2D eigenvalue weighted by molar-refractivity contribution is 7.08. The second kappa shape index (κ2) is 7.82. The van der Waals surface area contributed by atoms with Gasteiger partial charge in [0.1, 0.15) is 5.75 Å². The summed E-state index contributed by atoms with van der Waals surface area (Å²) in [5.74, 6) is -1.69. The topological polar surface area (TPSA) is 64.6 Å². The number of alkyl halides is 3. The van der Waals surface area contributed by atoms with E-state index in [4.69, 9.17) is 4.74 Å². The molecule has 1 N–H and O–H groups in total. The van der Waals surface area contributed by atoms with Crippen LogP contribution in [0.3, 0.4) is 0 Å². The number of carbonyl (C=O) groups is 2. The van der Waals surface area contributed by atoms with Gasteiger partial charge in [-0.25, -0.2) is 4.79 Å². The Bertz CT molecular complexity index is 701. The Morgan fingerprint density at radius 3 is 2.58 bits per heavy atom. The van der Waals surface area contributed by atoms with Gasteiger partial charge in [-0.15, -0.1) is 13.2 Å². The van der Waals surface area contributed by atoms with Crippen LogP contribution in [-0.4, -0.2) is 24.8 Å². The van der Waals surface area contributed by atoms with E-state index in [-0.39, 0.29) is 12.1 Å². The van der Waals surface area contributed by atoms with Gasteiger partial charge in [0.05, 0.1) is 5.56 Å². The molecular weight excluding hydrogens is 347 g/mol. The fourth-order valence-corrected chi connectivity index (χ4v) is 2.34. The summed E-state index contributed by atoms with van der Waals surface area (Å²) >= 11 is 1.31.